The fraction of sp³-hybridized carbons (Fsp3) is 0.222. The second kappa shape index (κ2) is 12.9. The lowest BCUT2D eigenvalue weighted by molar-refractivity contribution is 0.0965. The first-order chi connectivity index (χ1) is 22.5. The number of aromatic nitrogens is 2. The summed E-state index contributed by atoms with van der Waals surface area (Å²) in [5.74, 6) is 1.80. The van der Waals surface area contributed by atoms with Gasteiger partial charge in [0, 0.05) is 46.1 Å². The molecule has 0 spiro atoms. The number of carbonyl (C=O) groups excluding carboxylic acids is 2. The van der Waals surface area contributed by atoms with Crippen molar-refractivity contribution in [2.24, 2.45) is 0 Å². The van der Waals surface area contributed by atoms with Crippen LogP contribution >= 0.6 is 7.92 Å². The van der Waals surface area contributed by atoms with E-state index in [-0.39, 0.29) is 17.4 Å². The van der Waals surface area contributed by atoms with Gasteiger partial charge in [0.15, 0.2) is 0 Å². The second-order valence-electron chi connectivity index (χ2n) is 12.5. The Balaban J connectivity index is 1.23. The third-order valence-electron chi connectivity index (χ3n) is 7.90. The zero-order chi connectivity index (χ0) is 33.3. The van der Waals surface area contributed by atoms with Crippen LogP contribution in [0.25, 0.3) is 10.8 Å². The van der Waals surface area contributed by atoms with Crippen molar-refractivity contribution in [2.45, 2.75) is 32.7 Å². The summed E-state index contributed by atoms with van der Waals surface area (Å²) in [4.78, 5) is 34.4. The maximum absolute atomic E-state index is 13.4. The average Bonchev–Trinajstić information content (AvgIpc) is 3.41. The number of amides is 3. The molecule has 0 unspecified atom stereocenters. The normalized spacial score (nSPS) is 12.4. The number of methoxy groups -OCH3 is 1. The molecule has 4 aromatic carbocycles. The van der Waals surface area contributed by atoms with Crippen LogP contribution in [0.5, 0.6) is 17.4 Å². The van der Waals surface area contributed by atoms with Crippen LogP contribution in [0.15, 0.2) is 79.0 Å². The van der Waals surface area contributed by atoms with Crippen molar-refractivity contribution in [3.05, 3.63) is 95.7 Å². The summed E-state index contributed by atoms with van der Waals surface area (Å²) in [6, 6.07) is 22.3. The van der Waals surface area contributed by atoms with Crippen LogP contribution in [0.1, 0.15) is 42.3 Å². The van der Waals surface area contributed by atoms with E-state index in [9.17, 15) is 9.59 Å². The monoisotopic (exact) mass is 648 g/mol. The molecule has 240 valence electrons. The molecule has 0 aliphatic carbocycles. The smallest absolute Gasteiger partial charge is 0.323 e. The summed E-state index contributed by atoms with van der Waals surface area (Å²) in [5.41, 5.74) is 4.55. The van der Waals surface area contributed by atoms with Crippen molar-refractivity contribution in [3.63, 3.8) is 0 Å². The van der Waals surface area contributed by atoms with Gasteiger partial charge in [-0.15, -0.1) is 0 Å². The maximum Gasteiger partial charge on any atom is 0.323 e. The van der Waals surface area contributed by atoms with Crippen molar-refractivity contribution in [2.75, 3.05) is 36.4 Å². The molecule has 5 aromatic rings. The molecule has 11 heteroatoms. The first-order valence-electron chi connectivity index (χ1n) is 15.2. The largest absolute Gasteiger partial charge is 0.494 e. The van der Waals surface area contributed by atoms with Gasteiger partial charge in [-0.05, 0) is 66.3 Å². The van der Waals surface area contributed by atoms with Crippen LogP contribution < -0.4 is 36.0 Å². The molecule has 3 amide bonds. The molecule has 0 bridgehead atoms. The van der Waals surface area contributed by atoms with Crippen LogP contribution in [0.3, 0.4) is 0 Å². The molecule has 1 aliphatic heterocycles. The van der Waals surface area contributed by atoms with Gasteiger partial charge in [-0.3, -0.25) is 4.79 Å². The van der Waals surface area contributed by atoms with Gasteiger partial charge < -0.3 is 30.7 Å². The molecule has 1 aliphatic rings. The Hall–Kier alpha value is -5.21. The minimum atomic E-state index is -0.480. The van der Waals surface area contributed by atoms with E-state index < -0.39 is 7.92 Å². The number of nitrogens with zero attached hydrogens (tertiary/aromatic N) is 2. The number of rotatable bonds is 8. The molecule has 1 aromatic heterocycles. The second-order valence-corrected chi connectivity index (χ2v) is 14.7. The molecular weight excluding hydrogens is 611 g/mol. The van der Waals surface area contributed by atoms with Gasteiger partial charge in [-0.25, -0.2) is 9.78 Å². The highest BCUT2D eigenvalue weighted by Crippen LogP contribution is 2.39. The molecule has 47 heavy (non-hydrogen) atoms. The van der Waals surface area contributed by atoms with Crippen molar-refractivity contribution >= 4 is 58.9 Å². The fourth-order valence-corrected chi connectivity index (χ4v) is 6.44. The van der Waals surface area contributed by atoms with E-state index in [1.54, 1.807) is 37.6 Å². The van der Waals surface area contributed by atoms with E-state index >= 15 is 0 Å². The summed E-state index contributed by atoms with van der Waals surface area (Å²) >= 11 is 0. The number of ether oxygens (including phenoxy) is 2. The SMILES string of the molecule is COc1c(NC(=O)Nc2ccc(Oc3ccnc(Nc4ccc5c(c4)C(=O)NC5)n3)c3ccccc23)cc(C(C)(C)C)cc1P(C)C. The first-order valence-corrected chi connectivity index (χ1v) is 17.4. The number of benzene rings is 4. The lowest BCUT2D eigenvalue weighted by Gasteiger charge is -2.25. The summed E-state index contributed by atoms with van der Waals surface area (Å²) < 4.78 is 12.0. The van der Waals surface area contributed by atoms with E-state index in [1.165, 1.54) is 0 Å². The highest BCUT2D eigenvalue weighted by molar-refractivity contribution is 7.64. The van der Waals surface area contributed by atoms with Gasteiger partial charge in [-0.1, -0.05) is 59.0 Å². The van der Waals surface area contributed by atoms with E-state index in [2.05, 4.69) is 71.4 Å². The van der Waals surface area contributed by atoms with Crippen molar-refractivity contribution in [3.8, 4) is 17.4 Å². The van der Waals surface area contributed by atoms with Crippen molar-refractivity contribution < 1.29 is 19.1 Å². The molecular formula is C36H37N6O4P. The third-order valence-corrected chi connectivity index (χ3v) is 9.19. The quantitative estimate of drug-likeness (QED) is 0.127. The van der Waals surface area contributed by atoms with Crippen LogP contribution in [0.2, 0.25) is 0 Å². The summed E-state index contributed by atoms with van der Waals surface area (Å²) in [6.45, 7) is 11.3. The molecule has 0 radical (unpaired) electrons. The van der Waals surface area contributed by atoms with Crippen molar-refractivity contribution in [1.29, 1.82) is 0 Å². The maximum atomic E-state index is 13.4. The number of nitrogens with one attached hydrogen (secondary N) is 4. The Morgan fingerprint density at radius 1 is 0.936 bits per heavy atom. The minimum absolute atomic E-state index is 0.0978. The van der Waals surface area contributed by atoms with Gasteiger partial charge in [0.1, 0.15) is 11.5 Å². The van der Waals surface area contributed by atoms with Gasteiger partial charge in [0.2, 0.25) is 11.8 Å². The number of hydrogen-bond donors (Lipinski definition) is 4. The highest BCUT2D eigenvalue weighted by Gasteiger charge is 2.23. The van der Waals surface area contributed by atoms with E-state index in [0.717, 1.165) is 27.2 Å². The molecule has 4 N–H and O–H groups in total. The molecule has 0 fully saturated rings. The standard InChI is InChI=1S/C36H37N6O4P/c1-36(2,3)22-17-28(32(45-4)30(18-22)47(5)6)41-35(44)40-27-13-14-29(25-10-8-7-9-24(25)27)46-31-15-16-37-34(42-31)39-23-12-11-21-20-38-33(43)26(21)19-23/h7-19H,20H2,1-6H3,(H,38,43)(H,37,39,42)(H2,40,41,44). The zero-order valence-corrected chi connectivity index (χ0v) is 28.1. The Bertz CT molecular complexity index is 2010. The Morgan fingerprint density at radius 3 is 2.45 bits per heavy atom. The van der Waals surface area contributed by atoms with E-state index in [0.29, 0.717) is 52.5 Å². The van der Waals surface area contributed by atoms with Crippen LogP contribution in [0, 0.1) is 0 Å². The predicted octanol–water partition coefficient (Wildman–Crippen LogP) is 7.73. The lowest BCUT2D eigenvalue weighted by Crippen LogP contribution is -2.23. The third kappa shape index (κ3) is 6.83. The number of hydrogen-bond acceptors (Lipinski definition) is 7. The van der Waals surface area contributed by atoms with Gasteiger partial charge in [-0.2, -0.15) is 4.98 Å². The number of anilines is 4. The molecule has 6 rings (SSSR count). The molecule has 10 nitrogen and oxygen atoms in total. The topological polar surface area (TPSA) is 127 Å². The predicted molar refractivity (Wildman–Crippen MR) is 190 cm³/mol. The van der Waals surface area contributed by atoms with Crippen LogP contribution in [0.4, 0.5) is 27.8 Å². The Morgan fingerprint density at radius 2 is 1.70 bits per heavy atom. The average molecular weight is 649 g/mol. The summed E-state index contributed by atoms with van der Waals surface area (Å²) in [5, 5.41) is 14.7. The molecule has 0 saturated carbocycles. The summed E-state index contributed by atoms with van der Waals surface area (Å²) in [7, 11) is 1.15. The number of urea groups is 1. The lowest BCUT2D eigenvalue weighted by atomic mass is 9.86. The van der Waals surface area contributed by atoms with Gasteiger partial charge in [0.05, 0.1) is 18.5 Å². The van der Waals surface area contributed by atoms with Crippen LogP contribution in [-0.2, 0) is 12.0 Å². The van der Waals surface area contributed by atoms with E-state index in [4.69, 9.17) is 9.47 Å². The highest BCUT2D eigenvalue weighted by atomic mass is 31.1. The van der Waals surface area contributed by atoms with Crippen molar-refractivity contribution in [1.82, 2.24) is 15.3 Å². The van der Waals surface area contributed by atoms with Gasteiger partial charge >= 0.3 is 6.03 Å². The Kier molecular flexibility index (Phi) is 8.71. The fourth-order valence-electron chi connectivity index (χ4n) is 5.42. The summed E-state index contributed by atoms with van der Waals surface area (Å²) in [6.07, 6.45) is 1.60. The zero-order valence-electron chi connectivity index (χ0n) is 27.2. The molecule has 0 saturated heterocycles. The Labute approximate surface area is 275 Å². The number of fused-ring (bicyclic) bond motifs is 2. The number of carbonyl (C=O) groups is 2. The van der Waals surface area contributed by atoms with Crippen LogP contribution in [-0.4, -0.2) is 42.3 Å². The van der Waals surface area contributed by atoms with Gasteiger partial charge in [0.25, 0.3) is 5.91 Å². The minimum Gasteiger partial charge on any atom is -0.494 e. The molecule has 0 atom stereocenters. The first kappa shape index (κ1) is 31.8. The molecule has 2 heterocycles. The van der Waals surface area contributed by atoms with E-state index in [1.807, 2.05) is 42.5 Å².